The largest absolute Gasteiger partial charge is 0.492 e. The van der Waals surface area contributed by atoms with Gasteiger partial charge in [0.05, 0.1) is 23.7 Å². The topological polar surface area (TPSA) is 84.9 Å². The van der Waals surface area contributed by atoms with Crippen molar-refractivity contribution in [2.75, 3.05) is 30.6 Å². The second-order valence-electron chi connectivity index (χ2n) is 7.24. The number of sulfonamides is 1. The predicted molar refractivity (Wildman–Crippen MR) is 128 cm³/mol. The van der Waals surface area contributed by atoms with Crippen LogP contribution in [0.15, 0.2) is 83.8 Å². The molecule has 3 aromatic rings. The lowest BCUT2D eigenvalue weighted by atomic mass is 10.2. The van der Waals surface area contributed by atoms with Gasteiger partial charge in [-0.3, -0.25) is 9.10 Å². The monoisotopic (exact) mass is 468 g/mol. The van der Waals surface area contributed by atoms with E-state index in [4.69, 9.17) is 9.47 Å². The zero-order valence-electron chi connectivity index (χ0n) is 18.7. The summed E-state index contributed by atoms with van der Waals surface area (Å²) in [7, 11) is -4.01. The number of benzene rings is 3. The van der Waals surface area contributed by atoms with Crippen LogP contribution in [-0.4, -0.2) is 40.6 Å². The summed E-state index contributed by atoms with van der Waals surface area (Å²) in [6.45, 7) is 4.26. The molecule has 0 aliphatic heterocycles. The molecule has 7 nitrogen and oxygen atoms in total. The van der Waals surface area contributed by atoms with Gasteiger partial charge in [0.25, 0.3) is 10.0 Å². The molecule has 174 valence electrons. The highest BCUT2D eigenvalue weighted by molar-refractivity contribution is 7.92. The van der Waals surface area contributed by atoms with Gasteiger partial charge in [0.15, 0.2) is 0 Å². The van der Waals surface area contributed by atoms with Crippen LogP contribution in [0.4, 0.5) is 5.69 Å². The van der Waals surface area contributed by atoms with E-state index in [9.17, 15) is 13.2 Å². The van der Waals surface area contributed by atoms with E-state index in [1.807, 2.05) is 38.1 Å². The maximum Gasteiger partial charge on any atom is 0.264 e. The molecule has 0 saturated heterocycles. The van der Waals surface area contributed by atoms with Crippen molar-refractivity contribution in [2.24, 2.45) is 0 Å². The van der Waals surface area contributed by atoms with Crippen molar-refractivity contribution in [2.45, 2.75) is 18.7 Å². The standard InChI is InChI=1S/C25H28N2O5S/c1-3-31-24-12-8-7-11-23(24)27(33(29,30)22-9-5-4-6-10-22)19-25(28)26-17-18-32-21-15-13-20(2)14-16-21/h4-16H,3,17-19H2,1-2H3,(H,26,28). The fourth-order valence-electron chi connectivity index (χ4n) is 3.14. The molecule has 1 amide bonds. The number of anilines is 1. The van der Waals surface area contributed by atoms with Crippen LogP contribution in [0.5, 0.6) is 11.5 Å². The molecule has 1 N–H and O–H groups in total. The molecule has 33 heavy (non-hydrogen) atoms. The first-order valence-corrected chi connectivity index (χ1v) is 12.1. The first-order chi connectivity index (χ1) is 15.9. The third-order valence-electron chi connectivity index (χ3n) is 4.77. The number of aryl methyl sites for hydroxylation is 1. The number of carbonyl (C=O) groups is 1. The van der Waals surface area contributed by atoms with Gasteiger partial charge in [-0.25, -0.2) is 8.42 Å². The Morgan fingerprint density at radius 3 is 2.27 bits per heavy atom. The molecule has 3 rings (SSSR count). The molecule has 8 heteroatoms. The summed E-state index contributed by atoms with van der Waals surface area (Å²) in [6, 6.07) is 22.4. The summed E-state index contributed by atoms with van der Waals surface area (Å²) in [4.78, 5) is 12.8. The molecule has 0 radical (unpaired) electrons. The van der Waals surface area contributed by atoms with E-state index in [1.165, 1.54) is 12.1 Å². The highest BCUT2D eigenvalue weighted by Gasteiger charge is 2.29. The molecule has 0 aliphatic rings. The number of hydrogen-bond donors (Lipinski definition) is 1. The number of hydrogen-bond acceptors (Lipinski definition) is 5. The Morgan fingerprint density at radius 1 is 0.909 bits per heavy atom. The van der Waals surface area contributed by atoms with Gasteiger partial charge in [0.1, 0.15) is 24.7 Å². The van der Waals surface area contributed by atoms with E-state index in [0.717, 1.165) is 9.87 Å². The van der Waals surface area contributed by atoms with Crippen molar-refractivity contribution < 1.29 is 22.7 Å². The third kappa shape index (κ3) is 6.49. The van der Waals surface area contributed by atoms with Crippen molar-refractivity contribution in [3.05, 3.63) is 84.4 Å². The maximum atomic E-state index is 13.4. The minimum Gasteiger partial charge on any atom is -0.492 e. The Labute approximate surface area is 195 Å². The lowest BCUT2D eigenvalue weighted by Gasteiger charge is -2.26. The van der Waals surface area contributed by atoms with Crippen LogP contribution in [0, 0.1) is 6.92 Å². The molecule has 3 aromatic carbocycles. The van der Waals surface area contributed by atoms with E-state index < -0.39 is 22.5 Å². The van der Waals surface area contributed by atoms with Gasteiger partial charge in [0.2, 0.25) is 5.91 Å². The second-order valence-corrected chi connectivity index (χ2v) is 9.10. The summed E-state index contributed by atoms with van der Waals surface area (Å²) < 4.78 is 39.2. The summed E-state index contributed by atoms with van der Waals surface area (Å²) >= 11 is 0. The Balaban J connectivity index is 1.74. The number of para-hydroxylation sites is 2. The quantitative estimate of drug-likeness (QED) is 0.433. The first-order valence-electron chi connectivity index (χ1n) is 10.7. The lowest BCUT2D eigenvalue weighted by Crippen LogP contribution is -2.42. The maximum absolute atomic E-state index is 13.4. The molecule has 0 bridgehead atoms. The summed E-state index contributed by atoms with van der Waals surface area (Å²) in [5.41, 5.74) is 1.43. The summed E-state index contributed by atoms with van der Waals surface area (Å²) in [5.74, 6) is 0.636. The SMILES string of the molecule is CCOc1ccccc1N(CC(=O)NCCOc1ccc(C)cc1)S(=O)(=O)c1ccccc1. The van der Waals surface area contributed by atoms with Crippen LogP contribution in [0.3, 0.4) is 0 Å². The molecular formula is C25H28N2O5S. The first kappa shape index (κ1) is 24.1. The predicted octanol–water partition coefficient (Wildman–Crippen LogP) is 3.78. The molecule has 0 saturated carbocycles. The van der Waals surface area contributed by atoms with E-state index in [1.54, 1.807) is 42.5 Å². The Hall–Kier alpha value is -3.52. The smallest absolute Gasteiger partial charge is 0.264 e. The zero-order valence-corrected chi connectivity index (χ0v) is 19.5. The molecule has 0 fully saturated rings. The molecule has 0 unspecified atom stereocenters. The van der Waals surface area contributed by atoms with Gasteiger partial charge in [-0.1, -0.05) is 48.0 Å². The lowest BCUT2D eigenvalue weighted by molar-refractivity contribution is -0.119. The highest BCUT2D eigenvalue weighted by atomic mass is 32.2. The van der Waals surface area contributed by atoms with Crippen LogP contribution in [0.25, 0.3) is 0 Å². The van der Waals surface area contributed by atoms with Crippen molar-refractivity contribution in [1.82, 2.24) is 5.32 Å². The fourth-order valence-corrected chi connectivity index (χ4v) is 4.59. The zero-order chi connectivity index (χ0) is 23.7. The van der Waals surface area contributed by atoms with Crippen LogP contribution >= 0.6 is 0 Å². The Kier molecular flexibility index (Phi) is 8.32. The molecular weight excluding hydrogens is 440 g/mol. The molecule has 0 heterocycles. The number of rotatable bonds is 11. The number of nitrogens with one attached hydrogen (secondary N) is 1. The van der Waals surface area contributed by atoms with Crippen molar-refractivity contribution in [3.8, 4) is 11.5 Å². The van der Waals surface area contributed by atoms with Crippen LogP contribution in [0.1, 0.15) is 12.5 Å². The van der Waals surface area contributed by atoms with Gasteiger partial charge >= 0.3 is 0 Å². The average molecular weight is 469 g/mol. The number of ether oxygens (including phenoxy) is 2. The van der Waals surface area contributed by atoms with E-state index >= 15 is 0 Å². The van der Waals surface area contributed by atoms with Crippen LogP contribution in [-0.2, 0) is 14.8 Å². The number of nitrogens with zero attached hydrogens (tertiary/aromatic N) is 1. The van der Waals surface area contributed by atoms with Crippen LogP contribution in [0.2, 0.25) is 0 Å². The third-order valence-corrected chi connectivity index (χ3v) is 6.54. The average Bonchev–Trinajstić information content (AvgIpc) is 2.83. The van der Waals surface area contributed by atoms with E-state index in [-0.39, 0.29) is 18.0 Å². The fraction of sp³-hybridized carbons (Fsp3) is 0.240. The molecule has 0 aliphatic carbocycles. The second kappa shape index (κ2) is 11.4. The van der Waals surface area contributed by atoms with Crippen molar-refractivity contribution in [3.63, 3.8) is 0 Å². The van der Waals surface area contributed by atoms with Gasteiger partial charge in [0, 0.05) is 0 Å². The van der Waals surface area contributed by atoms with Gasteiger partial charge < -0.3 is 14.8 Å². The highest BCUT2D eigenvalue weighted by Crippen LogP contribution is 2.32. The summed E-state index contributed by atoms with van der Waals surface area (Å²) in [5, 5.41) is 2.73. The van der Waals surface area contributed by atoms with Gasteiger partial charge in [-0.2, -0.15) is 0 Å². The van der Waals surface area contributed by atoms with Crippen molar-refractivity contribution >= 4 is 21.6 Å². The number of carbonyl (C=O) groups excluding carboxylic acids is 1. The Bertz CT molecular complexity index is 1150. The van der Waals surface area contributed by atoms with Gasteiger partial charge in [-0.15, -0.1) is 0 Å². The van der Waals surface area contributed by atoms with Crippen molar-refractivity contribution in [1.29, 1.82) is 0 Å². The van der Waals surface area contributed by atoms with E-state index in [2.05, 4.69) is 5.32 Å². The minimum atomic E-state index is -4.01. The minimum absolute atomic E-state index is 0.0896. The molecule has 0 aromatic heterocycles. The molecule has 0 spiro atoms. The molecule has 0 atom stereocenters. The Morgan fingerprint density at radius 2 is 1.58 bits per heavy atom. The van der Waals surface area contributed by atoms with Crippen LogP contribution < -0.4 is 19.1 Å². The van der Waals surface area contributed by atoms with Gasteiger partial charge in [-0.05, 0) is 50.2 Å². The summed E-state index contributed by atoms with van der Waals surface area (Å²) in [6.07, 6.45) is 0. The number of amides is 1. The normalized spacial score (nSPS) is 11.0. The van der Waals surface area contributed by atoms with E-state index in [0.29, 0.717) is 23.8 Å².